The molecule has 4 aliphatic rings. The number of hydrogen-bond acceptors (Lipinski definition) is 6. The van der Waals surface area contributed by atoms with Gasteiger partial charge in [0.2, 0.25) is 11.8 Å². The van der Waals surface area contributed by atoms with E-state index in [1.54, 1.807) is 23.1 Å². The molecule has 2 saturated heterocycles. The summed E-state index contributed by atoms with van der Waals surface area (Å²) in [6.45, 7) is 1.02. The number of ether oxygens (including phenoxy) is 2. The highest BCUT2D eigenvalue weighted by molar-refractivity contribution is 5.99. The normalized spacial score (nSPS) is 33.5. The van der Waals surface area contributed by atoms with Crippen LogP contribution in [0.25, 0.3) is 0 Å². The van der Waals surface area contributed by atoms with E-state index in [0.29, 0.717) is 19.5 Å². The zero-order valence-electron chi connectivity index (χ0n) is 17.6. The van der Waals surface area contributed by atoms with Crippen LogP contribution in [0, 0.1) is 11.8 Å². The van der Waals surface area contributed by atoms with Crippen LogP contribution in [0.1, 0.15) is 12.0 Å². The fraction of sp³-hybridized carbons (Fsp3) is 0.458. The maximum Gasteiger partial charge on any atom is 0.313 e. The third kappa shape index (κ3) is 3.17. The number of carbonyl (C=O) groups excluding carboxylic acids is 3. The molecule has 0 aromatic heterocycles. The van der Waals surface area contributed by atoms with Crippen LogP contribution in [0.4, 0.5) is 0 Å². The monoisotopic (exact) mass is 438 g/mol. The van der Waals surface area contributed by atoms with Gasteiger partial charge in [-0.15, -0.1) is 0 Å². The highest BCUT2D eigenvalue weighted by Crippen LogP contribution is 2.53. The Balaban J connectivity index is 1.55. The zero-order chi connectivity index (χ0) is 22.3. The van der Waals surface area contributed by atoms with E-state index in [9.17, 15) is 19.5 Å². The average molecular weight is 438 g/mol. The average Bonchev–Trinajstić information content (AvgIpc) is 3.09. The molecule has 4 aliphatic heterocycles. The Morgan fingerprint density at radius 1 is 1.09 bits per heavy atom. The van der Waals surface area contributed by atoms with Crippen LogP contribution in [0.5, 0.6) is 0 Å². The first-order chi connectivity index (χ1) is 15.6. The number of carbonyl (C=O) groups is 3. The van der Waals surface area contributed by atoms with Crippen molar-refractivity contribution >= 4 is 17.8 Å². The third-order valence-electron chi connectivity index (χ3n) is 6.77. The van der Waals surface area contributed by atoms with Crippen LogP contribution in [-0.4, -0.2) is 76.7 Å². The van der Waals surface area contributed by atoms with E-state index in [-0.39, 0.29) is 31.6 Å². The van der Waals surface area contributed by atoms with Gasteiger partial charge in [0.25, 0.3) is 0 Å². The van der Waals surface area contributed by atoms with Gasteiger partial charge in [0, 0.05) is 26.2 Å². The third-order valence-corrected chi connectivity index (χ3v) is 6.77. The number of benzene rings is 1. The number of nitrogens with zero attached hydrogens (tertiary/aromatic N) is 2. The molecule has 1 unspecified atom stereocenters. The van der Waals surface area contributed by atoms with Crippen molar-refractivity contribution in [2.75, 3.05) is 26.3 Å². The van der Waals surface area contributed by atoms with Gasteiger partial charge in [-0.1, -0.05) is 48.6 Å². The summed E-state index contributed by atoms with van der Waals surface area (Å²) in [5.74, 6) is -2.65. The number of aliphatic hydroxyl groups excluding tert-OH is 1. The molecular formula is C24H26N2O6. The highest BCUT2D eigenvalue weighted by atomic mass is 16.6. The Labute approximate surface area is 186 Å². The lowest BCUT2D eigenvalue weighted by Gasteiger charge is -2.35. The quantitative estimate of drug-likeness (QED) is 0.536. The molecule has 1 aromatic rings. The van der Waals surface area contributed by atoms with Crippen LogP contribution in [0.15, 0.2) is 54.6 Å². The maximum absolute atomic E-state index is 13.9. The summed E-state index contributed by atoms with van der Waals surface area (Å²) < 4.78 is 11.7. The Hall–Kier alpha value is -2.97. The van der Waals surface area contributed by atoms with Crippen LogP contribution in [-0.2, 0) is 30.4 Å². The minimum absolute atomic E-state index is 0.108. The number of cyclic esters (lactones) is 1. The number of hydrogen-bond donors (Lipinski definition) is 1. The van der Waals surface area contributed by atoms with Crippen LogP contribution >= 0.6 is 0 Å². The van der Waals surface area contributed by atoms with Gasteiger partial charge in [-0.3, -0.25) is 14.4 Å². The molecule has 2 amide bonds. The van der Waals surface area contributed by atoms with E-state index in [1.807, 2.05) is 36.4 Å². The van der Waals surface area contributed by atoms with Crippen molar-refractivity contribution in [2.45, 2.75) is 30.7 Å². The van der Waals surface area contributed by atoms with Crippen LogP contribution in [0.3, 0.4) is 0 Å². The molecule has 32 heavy (non-hydrogen) atoms. The first-order valence-corrected chi connectivity index (χ1v) is 11.0. The zero-order valence-corrected chi connectivity index (χ0v) is 17.6. The summed E-state index contributed by atoms with van der Waals surface area (Å²) in [4.78, 5) is 43.5. The number of fused-ring (bicyclic) bond motifs is 2. The Morgan fingerprint density at radius 2 is 1.91 bits per heavy atom. The molecule has 5 rings (SSSR count). The predicted molar refractivity (Wildman–Crippen MR) is 113 cm³/mol. The molecule has 2 fully saturated rings. The minimum Gasteiger partial charge on any atom is -0.461 e. The molecule has 1 aromatic carbocycles. The van der Waals surface area contributed by atoms with Crippen LogP contribution < -0.4 is 0 Å². The summed E-state index contributed by atoms with van der Waals surface area (Å²) >= 11 is 0. The molecule has 0 bridgehead atoms. The van der Waals surface area contributed by atoms with Gasteiger partial charge < -0.3 is 24.4 Å². The topological polar surface area (TPSA) is 96.4 Å². The summed E-state index contributed by atoms with van der Waals surface area (Å²) in [5, 5.41) is 9.38. The van der Waals surface area contributed by atoms with Gasteiger partial charge in [0.1, 0.15) is 24.2 Å². The van der Waals surface area contributed by atoms with Gasteiger partial charge in [0.05, 0.1) is 12.0 Å². The second-order valence-corrected chi connectivity index (χ2v) is 8.62. The Morgan fingerprint density at radius 3 is 2.69 bits per heavy atom. The van der Waals surface area contributed by atoms with E-state index in [4.69, 9.17) is 9.47 Å². The van der Waals surface area contributed by atoms with Gasteiger partial charge in [-0.05, 0) is 18.1 Å². The van der Waals surface area contributed by atoms with E-state index in [0.717, 1.165) is 5.56 Å². The summed E-state index contributed by atoms with van der Waals surface area (Å²) in [6, 6.07) is 8.76. The lowest BCUT2D eigenvalue weighted by atomic mass is 9.78. The van der Waals surface area contributed by atoms with Gasteiger partial charge >= 0.3 is 5.97 Å². The molecule has 5 atom stereocenters. The largest absolute Gasteiger partial charge is 0.461 e. The second-order valence-electron chi connectivity index (χ2n) is 8.62. The number of aliphatic hydroxyl groups is 1. The highest BCUT2D eigenvalue weighted by Gasteiger charge is 2.71. The number of rotatable bonds is 5. The molecule has 8 nitrogen and oxygen atoms in total. The summed E-state index contributed by atoms with van der Waals surface area (Å²) in [6.07, 6.45) is 6.84. The Bertz CT molecular complexity index is 976. The Kier molecular flexibility index (Phi) is 5.35. The maximum atomic E-state index is 13.9. The van der Waals surface area contributed by atoms with E-state index >= 15 is 0 Å². The molecular weight excluding hydrogens is 412 g/mol. The summed E-state index contributed by atoms with van der Waals surface area (Å²) in [7, 11) is 0. The molecule has 4 heterocycles. The first-order valence-electron chi connectivity index (χ1n) is 11.0. The molecule has 1 spiro atoms. The van der Waals surface area contributed by atoms with Crippen molar-refractivity contribution in [1.82, 2.24) is 9.80 Å². The predicted octanol–water partition coefficient (Wildman–Crippen LogP) is 0.661. The minimum atomic E-state index is -1.24. The lowest BCUT2D eigenvalue weighted by molar-refractivity contribution is -0.153. The standard InChI is InChI=1S/C24H26N2O6/c27-13-6-12-26-20-22(29)25(15-16-7-2-1-3-8-16)11-5-10-24(20)19(21(26)28)18-17(32-24)9-4-14-31-23(18)30/h1-5,7-10,17-20,27H,6,11-15H2/t17-,18+,19-,20?,24-/m0/s1. The van der Waals surface area contributed by atoms with Crippen molar-refractivity contribution < 1.29 is 29.0 Å². The number of likely N-dealkylation sites (tertiary alicyclic amines) is 1. The van der Waals surface area contributed by atoms with Crippen molar-refractivity contribution in [1.29, 1.82) is 0 Å². The van der Waals surface area contributed by atoms with Crippen LogP contribution in [0.2, 0.25) is 0 Å². The molecule has 1 N–H and O–H groups in total. The number of amides is 2. The van der Waals surface area contributed by atoms with E-state index < -0.39 is 35.6 Å². The summed E-state index contributed by atoms with van der Waals surface area (Å²) in [5.41, 5.74) is -0.262. The van der Waals surface area contributed by atoms with Gasteiger partial charge in [-0.25, -0.2) is 0 Å². The molecule has 8 heteroatoms. The van der Waals surface area contributed by atoms with Crippen molar-refractivity contribution in [3.63, 3.8) is 0 Å². The number of esters is 1. The van der Waals surface area contributed by atoms with Crippen molar-refractivity contribution in [2.24, 2.45) is 11.8 Å². The smallest absolute Gasteiger partial charge is 0.313 e. The fourth-order valence-electron chi connectivity index (χ4n) is 5.44. The lowest BCUT2D eigenvalue weighted by Crippen LogP contribution is -2.55. The molecule has 0 saturated carbocycles. The van der Waals surface area contributed by atoms with E-state index in [1.165, 1.54) is 4.90 Å². The molecule has 168 valence electrons. The second kappa shape index (κ2) is 8.18. The fourth-order valence-corrected chi connectivity index (χ4v) is 5.44. The molecule has 0 aliphatic carbocycles. The van der Waals surface area contributed by atoms with E-state index in [2.05, 4.69) is 0 Å². The SMILES string of the molecule is O=C1OCC=C[C@@H]2O[C@]34C=CCN(Cc5ccccc5)C(=O)C3N(CCCO)C(=O)[C@@H]4[C@H]12. The first kappa shape index (κ1) is 20.9. The van der Waals surface area contributed by atoms with Gasteiger partial charge in [-0.2, -0.15) is 0 Å². The van der Waals surface area contributed by atoms with Crippen molar-refractivity contribution in [3.05, 3.63) is 60.2 Å². The van der Waals surface area contributed by atoms with Gasteiger partial charge in [0.15, 0.2) is 0 Å². The van der Waals surface area contributed by atoms with Crippen molar-refractivity contribution in [3.8, 4) is 0 Å². The molecule has 0 radical (unpaired) electrons.